The van der Waals surface area contributed by atoms with Crippen LogP contribution in [0.25, 0.3) is 0 Å². The Bertz CT molecular complexity index is 434. The summed E-state index contributed by atoms with van der Waals surface area (Å²) in [6, 6.07) is 1.38. The molecule has 0 aliphatic carbocycles. The van der Waals surface area contributed by atoms with Crippen LogP contribution in [0.1, 0.15) is 10.4 Å². The number of nitrogen functional groups attached to an aromatic ring is 1. The van der Waals surface area contributed by atoms with Crippen molar-refractivity contribution in [3.8, 4) is 11.5 Å². The predicted molar refractivity (Wildman–Crippen MR) is 55.4 cm³/mol. The molecule has 4 N–H and O–H groups in total. The minimum atomic E-state index is -0.626. The lowest BCUT2D eigenvalue weighted by Gasteiger charge is -2.22. The van der Waals surface area contributed by atoms with Crippen molar-refractivity contribution in [2.75, 3.05) is 18.9 Å². The molecule has 15 heavy (non-hydrogen) atoms. The number of anilines is 1. The molecule has 1 aromatic rings. The third-order valence-corrected chi connectivity index (χ3v) is 2.38. The number of nitrogens with two attached hydrogens (primary N) is 2. The van der Waals surface area contributed by atoms with Gasteiger partial charge < -0.3 is 20.9 Å². The SMILES string of the molecule is NC(=O)c1cc(Cl)c(N)c2c1OCCO2. The number of ether oxygens (including phenoxy) is 2. The van der Waals surface area contributed by atoms with Gasteiger partial charge in [-0.25, -0.2) is 0 Å². The van der Waals surface area contributed by atoms with Crippen LogP contribution in [0.15, 0.2) is 6.07 Å². The Kier molecular flexibility index (Phi) is 2.32. The predicted octanol–water partition coefficient (Wildman–Crippen LogP) is 0.792. The van der Waals surface area contributed by atoms with Crippen LogP contribution < -0.4 is 20.9 Å². The summed E-state index contributed by atoms with van der Waals surface area (Å²) in [4.78, 5) is 11.1. The van der Waals surface area contributed by atoms with E-state index in [1.165, 1.54) is 6.07 Å². The zero-order chi connectivity index (χ0) is 11.0. The number of fused-ring (bicyclic) bond motifs is 1. The second-order valence-electron chi connectivity index (χ2n) is 3.04. The molecule has 0 unspecified atom stereocenters. The van der Waals surface area contributed by atoms with Gasteiger partial charge in [-0.15, -0.1) is 0 Å². The lowest BCUT2D eigenvalue weighted by Crippen LogP contribution is -2.21. The molecule has 0 bridgehead atoms. The Hall–Kier alpha value is -1.62. The van der Waals surface area contributed by atoms with Gasteiger partial charge in [-0.2, -0.15) is 0 Å². The largest absolute Gasteiger partial charge is 0.485 e. The van der Waals surface area contributed by atoms with Crippen LogP contribution in [0.3, 0.4) is 0 Å². The Morgan fingerprint density at radius 2 is 1.93 bits per heavy atom. The third kappa shape index (κ3) is 1.55. The summed E-state index contributed by atoms with van der Waals surface area (Å²) >= 11 is 5.83. The molecular formula is C9H9ClN2O3. The molecule has 80 valence electrons. The van der Waals surface area contributed by atoms with Gasteiger partial charge in [0.15, 0.2) is 11.5 Å². The summed E-state index contributed by atoms with van der Waals surface area (Å²) in [5, 5.41) is 0.230. The van der Waals surface area contributed by atoms with Crippen molar-refractivity contribution in [2.45, 2.75) is 0 Å². The molecule has 1 aromatic carbocycles. The molecule has 0 saturated heterocycles. The maximum atomic E-state index is 11.1. The van der Waals surface area contributed by atoms with E-state index in [4.69, 9.17) is 32.5 Å². The fourth-order valence-electron chi connectivity index (χ4n) is 1.38. The Balaban J connectivity index is 2.67. The van der Waals surface area contributed by atoms with Crippen LogP contribution in [0, 0.1) is 0 Å². The number of halogens is 1. The van der Waals surface area contributed by atoms with Crippen LogP contribution in [-0.4, -0.2) is 19.1 Å². The minimum absolute atomic E-state index is 0.184. The van der Waals surface area contributed by atoms with E-state index < -0.39 is 5.91 Å². The Morgan fingerprint density at radius 1 is 1.33 bits per heavy atom. The normalized spacial score (nSPS) is 13.7. The van der Waals surface area contributed by atoms with Gasteiger partial charge in [-0.05, 0) is 6.07 Å². The minimum Gasteiger partial charge on any atom is -0.485 e. The lowest BCUT2D eigenvalue weighted by molar-refractivity contribution is 0.0989. The molecule has 0 spiro atoms. The van der Waals surface area contributed by atoms with E-state index in [1.54, 1.807) is 0 Å². The number of hydrogen-bond donors (Lipinski definition) is 2. The Labute approximate surface area is 90.9 Å². The fraction of sp³-hybridized carbons (Fsp3) is 0.222. The van der Waals surface area contributed by atoms with Gasteiger partial charge in [0.05, 0.1) is 16.3 Å². The molecule has 1 heterocycles. The van der Waals surface area contributed by atoms with E-state index in [2.05, 4.69) is 0 Å². The molecule has 1 amide bonds. The topological polar surface area (TPSA) is 87.6 Å². The first-order valence-corrected chi connectivity index (χ1v) is 4.66. The zero-order valence-corrected chi connectivity index (χ0v) is 8.50. The average Bonchev–Trinajstić information content (AvgIpc) is 2.23. The number of rotatable bonds is 1. The number of amides is 1. The maximum Gasteiger partial charge on any atom is 0.252 e. The van der Waals surface area contributed by atoms with Crippen molar-refractivity contribution < 1.29 is 14.3 Å². The quantitative estimate of drug-likeness (QED) is 0.696. The van der Waals surface area contributed by atoms with Crippen molar-refractivity contribution in [1.82, 2.24) is 0 Å². The molecule has 6 heteroatoms. The smallest absolute Gasteiger partial charge is 0.252 e. The number of benzene rings is 1. The van der Waals surface area contributed by atoms with Crippen molar-refractivity contribution >= 4 is 23.2 Å². The van der Waals surface area contributed by atoms with Crippen LogP contribution in [-0.2, 0) is 0 Å². The van der Waals surface area contributed by atoms with Gasteiger partial charge in [-0.1, -0.05) is 11.6 Å². The van der Waals surface area contributed by atoms with E-state index in [0.717, 1.165) is 0 Å². The van der Waals surface area contributed by atoms with E-state index in [1.807, 2.05) is 0 Å². The van der Waals surface area contributed by atoms with Gasteiger partial charge in [0, 0.05) is 0 Å². The van der Waals surface area contributed by atoms with E-state index in [0.29, 0.717) is 19.0 Å². The van der Waals surface area contributed by atoms with Gasteiger partial charge in [0.2, 0.25) is 0 Å². The number of carbonyl (C=O) groups excluding carboxylic acids is 1. The van der Waals surface area contributed by atoms with Crippen molar-refractivity contribution in [3.63, 3.8) is 0 Å². The molecule has 5 nitrogen and oxygen atoms in total. The third-order valence-electron chi connectivity index (χ3n) is 2.07. The highest BCUT2D eigenvalue weighted by molar-refractivity contribution is 6.34. The van der Waals surface area contributed by atoms with E-state index in [9.17, 15) is 4.79 Å². The van der Waals surface area contributed by atoms with Crippen LogP contribution >= 0.6 is 11.6 Å². The first-order chi connectivity index (χ1) is 7.11. The molecule has 0 radical (unpaired) electrons. The van der Waals surface area contributed by atoms with Gasteiger partial charge in [0.25, 0.3) is 5.91 Å². The second-order valence-corrected chi connectivity index (χ2v) is 3.45. The monoisotopic (exact) mass is 228 g/mol. The maximum absolute atomic E-state index is 11.1. The standard InChI is InChI=1S/C9H9ClN2O3/c10-5-3-4(9(12)13)7-8(6(5)11)15-2-1-14-7/h3H,1-2,11H2,(H2,12,13). The summed E-state index contributed by atoms with van der Waals surface area (Å²) in [7, 11) is 0. The highest BCUT2D eigenvalue weighted by atomic mass is 35.5. The van der Waals surface area contributed by atoms with Crippen LogP contribution in [0.5, 0.6) is 11.5 Å². The first-order valence-electron chi connectivity index (χ1n) is 4.28. The van der Waals surface area contributed by atoms with Gasteiger partial charge in [0.1, 0.15) is 13.2 Å². The van der Waals surface area contributed by atoms with Crippen LogP contribution in [0.2, 0.25) is 5.02 Å². The Morgan fingerprint density at radius 3 is 2.53 bits per heavy atom. The molecule has 1 aliphatic heterocycles. The van der Waals surface area contributed by atoms with Crippen LogP contribution in [0.4, 0.5) is 5.69 Å². The van der Waals surface area contributed by atoms with Crippen molar-refractivity contribution in [3.05, 3.63) is 16.7 Å². The second kappa shape index (κ2) is 3.51. The summed E-state index contributed by atoms with van der Waals surface area (Å²) in [5.41, 5.74) is 11.3. The van der Waals surface area contributed by atoms with Gasteiger partial charge >= 0.3 is 0 Å². The fourth-order valence-corrected chi connectivity index (χ4v) is 1.58. The molecule has 0 fully saturated rings. The first kappa shape index (κ1) is 9.92. The summed E-state index contributed by atoms with van der Waals surface area (Å²) in [5.74, 6) is -0.0585. The summed E-state index contributed by atoms with van der Waals surface area (Å²) in [6.07, 6.45) is 0. The molecule has 0 aromatic heterocycles. The van der Waals surface area contributed by atoms with E-state index >= 15 is 0 Å². The molecular weight excluding hydrogens is 220 g/mol. The number of hydrogen-bond acceptors (Lipinski definition) is 4. The number of primary amides is 1. The van der Waals surface area contributed by atoms with Crippen molar-refractivity contribution in [2.24, 2.45) is 5.73 Å². The number of carbonyl (C=O) groups is 1. The highest BCUT2D eigenvalue weighted by Gasteiger charge is 2.23. The zero-order valence-electron chi connectivity index (χ0n) is 7.75. The molecule has 0 saturated carbocycles. The lowest BCUT2D eigenvalue weighted by atomic mass is 10.1. The van der Waals surface area contributed by atoms with Gasteiger partial charge in [-0.3, -0.25) is 4.79 Å². The molecule has 0 atom stereocenters. The summed E-state index contributed by atoms with van der Waals surface area (Å²) < 4.78 is 10.6. The van der Waals surface area contributed by atoms with E-state index in [-0.39, 0.29) is 22.0 Å². The highest BCUT2D eigenvalue weighted by Crippen LogP contribution is 2.42. The molecule has 1 aliphatic rings. The summed E-state index contributed by atoms with van der Waals surface area (Å²) in [6.45, 7) is 0.726. The average molecular weight is 229 g/mol. The van der Waals surface area contributed by atoms with Crippen molar-refractivity contribution in [1.29, 1.82) is 0 Å². The molecule has 2 rings (SSSR count).